The fourth-order valence-corrected chi connectivity index (χ4v) is 2.80. The van der Waals surface area contributed by atoms with Crippen molar-refractivity contribution in [2.75, 3.05) is 6.61 Å². The quantitative estimate of drug-likeness (QED) is 0.0422. The molecule has 0 fully saturated rings. The Bertz CT molecular complexity index is 729. The normalized spacial score (nSPS) is 11.2. The van der Waals surface area contributed by atoms with Crippen molar-refractivity contribution in [2.45, 2.75) is 89.6 Å². The van der Waals surface area contributed by atoms with Gasteiger partial charge in [-0.1, -0.05) is 64.7 Å². The van der Waals surface area contributed by atoms with E-state index in [1.54, 1.807) is 0 Å². The van der Waals surface area contributed by atoms with Crippen LogP contribution in [0.5, 0.6) is 0 Å². The molecule has 0 spiro atoms. The van der Waals surface area contributed by atoms with E-state index >= 15 is 0 Å². The van der Waals surface area contributed by atoms with Gasteiger partial charge < -0.3 is 35.1 Å². The van der Waals surface area contributed by atoms with Gasteiger partial charge in [-0.25, -0.2) is 8.98 Å². The van der Waals surface area contributed by atoms with Crippen LogP contribution in [0.15, 0.2) is 0 Å². The zero-order chi connectivity index (χ0) is 28.1. The van der Waals surface area contributed by atoms with Gasteiger partial charge in [-0.3, -0.25) is 18.7 Å². The standard InChI is InChI=1S/C12H26O4S.C6H8O7.Na.H3O4P/c1-2-3-4-5-6-7-8-9-10-11-12-16-17(13,14)15;7-3(8)1-6(13,5(11)12)2-4(9)10;;1-5(2,3)4/h2-12H2,1H3,(H,13,14,15);13H,1-2H2,(H,7,8)(H,9,10)(H,11,12);;(H3,1,2,3,4)/q;;+1;/p-1. The molecule has 0 unspecified atom stereocenters. The Kier molecular flexibility index (Phi) is 27.7. The number of carboxylic acids is 3. The molecule has 7 N–H and O–H groups in total. The fourth-order valence-electron chi connectivity index (χ4n) is 2.47. The van der Waals surface area contributed by atoms with Gasteiger partial charge in [-0.05, 0) is 6.42 Å². The van der Waals surface area contributed by atoms with Crippen molar-refractivity contribution in [3.05, 3.63) is 0 Å². The topological polar surface area (TPSA) is 276 Å². The first-order valence-corrected chi connectivity index (χ1v) is 13.5. The Hall–Kier alpha value is -0.650. The summed E-state index contributed by atoms with van der Waals surface area (Å²) in [5.74, 6) is -5.02. The van der Waals surface area contributed by atoms with E-state index in [1.165, 1.54) is 44.9 Å². The van der Waals surface area contributed by atoms with Gasteiger partial charge in [-0.15, -0.1) is 0 Å². The second-order valence-corrected chi connectivity index (χ2v) is 9.47. The summed E-state index contributed by atoms with van der Waals surface area (Å²) in [5.41, 5.74) is -2.74. The fraction of sp³-hybridized carbons (Fsp3) is 0.833. The van der Waals surface area contributed by atoms with Gasteiger partial charge in [0.2, 0.25) is 0 Å². The third-order valence-corrected chi connectivity index (χ3v) is 4.48. The monoisotopic (exact) mass is 578 g/mol. The van der Waals surface area contributed by atoms with Crippen molar-refractivity contribution in [2.24, 2.45) is 0 Å². The SMILES string of the molecule is CCCCCCCCCCCCOS(=O)(=O)O.O=C(O)CC(O)(CC(=O)O)C(=O)O.O=P([O-])(O)O.[Na+]. The van der Waals surface area contributed by atoms with Gasteiger partial charge >= 0.3 is 57.9 Å². The van der Waals surface area contributed by atoms with E-state index in [0.29, 0.717) is 6.42 Å². The van der Waals surface area contributed by atoms with Crippen molar-refractivity contribution in [1.82, 2.24) is 0 Å². The number of hydrogen-bond acceptors (Lipinski definition) is 9. The molecule has 0 saturated carbocycles. The molecule has 0 heterocycles. The summed E-state index contributed by atoms with van der Waals surface area (Å²) < 4.78 is 41.8. The molecule has 0 atom stereocenters. The molecule has 15 nitrogen and oxygen atoms in total. The molecular weight excluding hydrogens is 542 g/mol. The van der Waals surface area contributed by atoms with E-state index in [2.05, 4.69) is 11.1 Å². The second kappa shape index (κ2) is 23.5. The number of hydrogen-bond donors (Lipinski definition) is 7. The number of unbranched alkanes of at least 4 members (excludes halogenated alkanes) is 9. The van der Waals surface area contributed by atoms with Gasteiger partial charge in [0.1, 0.15) is 0 Å². The van der Waals surface area contributed by atoms with Crippen LogP contribution in [-0.2, 0) is 33.5 Å². The molecule has 0 aromatic carbocycles. The summed E-state index contributed by atoms with van der Waals surface area (Å²) in [5, 5.41) is 33.8. The van der Waals surface area contributed by atoms with Crippen LogP contribution in [-0.4, -0.2) is 73.3 Å². The van der Waals surface area contributed by atoms with Gasteiger partial charge in [0.15, 0.2) is 5.60 Å². The maximum absolute atomic E-state index is 10.3. The number of aliphatic carboxylic acids is 3. The van der Waals surface area contributed by atoms with Crippen molar-refractivity contribution in [3.63, 3.8) is 0 Å². The first kappa shape index (κ1) is 42.4. The van der Waals surface area contributed by atoms with E-state index in [4.69, 9.17) is 44.2 Å². The van der Waals surface area contributed by atoms with Crippen molar-refractivity contribution in [1.29, 1.82) is 0 Å². The van der Waals surface area contributed by atoms with E-state index in [9.17, 15) is 22.8 Å². The molecule has 0 aliphatic heterocycles. The average molecular weight is 579 g/mol. The van der Waals surface area contributed by atoms with Crippen LogP contribution >= 0.6 is 7.82 Å². The predicted molar refractivity (Wildman–Crippen MR) is 118 cm³/mol. The minimum Gasteiger partial charge on any atom is -0.756 e. The molecule has 18 heteroatoms. The first-order chi connectivity index (χ1) is 15.8. The van der Waals surface area contributed by atoms with E-state index in [-0.39, 0.29) is 36.2 Å². The number of carboxylic acid groups (broad SMARTS) is 3. The van der Waals surface area contributed by atoms with Gasteiger partial charge in [-0.2, -0.15) is 8.42 Å². The van der Waals surface area contributed by atoms with Crippen LogP contribution in [0.4, 0.5) is 0 Å². The van der Waals surface area contributed by atoms with Crippen molar-refractivity contribution in [3.8, 4) is 0 Å². The summed E-state index contributed by atoms with van der Waals surface area (Å²) in [7, 11) is -9.12. The summed E-state index contributed by atoms with van der Waals surface area (Å²) >= 11 is 0. The van der Waals surface area contributed by atoms with Gasteiger partial charge in [0, 0.05) is 0 Å². The first-order valence-electron chi connectivity index (χ1n) is 10.6. The van der Waals surface area contributed by atoms with Crippen LogP contribution < -0.4 is 34.5 Å². The number of carbonyl (C=O) groups is 3. The Balaban J connectivity index is -0.000000239. The predicted octanol–water partition coefficient (Wildman–Crippen LogP) is -2.08. The molecule has 0 aliphatic carbocycles. The second-order valence-electron chi connectivity index (χ2n) is 7.40. The number of phosphoric acid groups is 1. The number of aliphatic hydroxyl groups is 1. The molecule has 36 heavy (non-hydrogen) atoms. The number of rotatable bonds is 17. The maximum Gasteiger partial charge on any atom is 1.00 e. The van der Waals surface area contributed by atoms with Crippen LogP contribution in [0, 0.1) is 0 Å². The molecule has 0 amide bonds. The van der Waals surface area contributed by atoms with Crippen LogP contribution in [0.2, 0.25) is 0 Å². The summed E-state index contributed by atoms with van der Waals surface area (Å²) in [6.45, 7) is 2.31. The third kappa shape index (κ3) is 40.5. The molecule has 0 radical (unpaired) electrons. The van der Waals surface area contributed by atoms with Crippen LogP contribution in [0.3, 0.4) is 0 Å². The minimum atomic E-state index is -4.89. The maximum atomic E-state index is 10.3. The summed E-state index contributed by atoms with van der Waals surface area (Å²) in [6.07, 6.45) is 9.56. The van der Waals surface area contributed by atoms with Gasteiger partial charge in [0.25, 0.3) is 7.82 Å². The largest absolute Gasteiger partial charge is 1.00 e. The van der Waals surface area contributed by atoms with E-state index in [0.717, 1.165) is 12.8 Å². The zero-order valence-electron chi connectivity index (χ0n) is 20.4. The molecule has 0 saturated heterocycles. The zero-order valence-corrected chi connectivity index (χ0v) is 24.2. The van der Waals surface area contributed by atoms with E-state index in [1.807, 2.05) is 0 Å². The summed E-state index contributed by atoms with van der Waals surface area (Å²) in [6, 6.07) is 0. The van der Waals surface area contributed by atoms with Gasteiger partial charge in [0.05, 0.1) is 19.4 Å². The summed E-state index contributed by atoms with van der Waals surface area (Å²) in [4.78, 5) is 53.4. The van der Waals surface area contributed by atoms with Crippen LogP contribution in [0.1, 0.15) is 84.0 Å². The third-order valence-electron chi connectivity index (χ3n) is 4.02. The molecule has 0 bridgehead atoms. The molecule has 0 aromatic rings. The van der Waals surface area contributed by atoms with Crippen molar-refractivity contribution >= 4 is 36.1 Å². The minimum absolute atomic E-state index is 0. The smallest absolute Gasteiger partial charge is 0.756 e. The van der Waals surface area contributed by atoms with Crippen molar-refractivity contribution < 1.29 is 101 Å². The average Bonchev–Trinajstić information content (AvgIpc) is 2.63. The Morgan fingerprint density at radius 2 is 1.14 bits per heavy atom. The van der Waals surface area contributed by atoms with E-state index < -0.39 is 54.6 Å². The Labute approximate surface area is 232 Å². The molecule has 0 rings (SSSR count). The molecular formula is C18H36NaO15PS. The molecule has 210 valence electrons. The Morgan fingerprint density at radius 1 is 0.833 bits per heavy atom. The Morgan fingerprint density at radius 3 is 1.39 bits per heavy atom. The van der Waals surface area contributed by atoms with Crippen LogP contribution in [0.25, 0.3) is 0 Å². The molecule has 0 aliphatic rings. The molecule has 0 aromatic heterocycles.